The van der Waals surface area contributed by atoms with E-state index in [4.69, 9.17) is 4.74 Å². The van der Waals surface area contributed by atoms with Crippen molar-refractivity contribution in [2.24, 2.45) is 10.4 Å². The first-order chi connectivity index (χ1) is 10.7. The van der Waals surface area contributed by atoms with E-state index in [9.17, 15) is 0 Å². The Morgan fingerprint density at radius 2 is 2.09 bits per heavy atom. The first-order valence-electron chi connectivity index (χ1n) is 8.30. The number of hydrogen-bond acceptors (Lipinski definition) is 2. The molecule has 1 aromatic carbocycles. The van der Waals surface area contributed by atoms with Crippen molar-refractivity contribution in [2.75, 3.05) is 39.9 Å². The van der Waals surface area contributed by atoms with Crippen LogP contribution in [0.4, 0.5) is 0 Å². The minimum atomic E-state index is 0. The van der Waals surface area contributed by atoms with Crippen LogP contribution < -0.4 is 5.32 Å². The molecule has 1 atom stereocenters. The lowest BCUT2D eigenvalue weighted by Crippen LogP contribution is -2.42. The van der Waals surface area contributed by atoms with Crippen molar-refractivity contribution in [3.8, 4) is 0 Å². The fourth-order valence-corrected chi connectivity index (χ4v) is 3.49. The van der Waals surface area contributed by atoms with Gasteiger partial charge in [0.05, 0.1) is 6.61 Å². The summed E-state index contributed by atoms with van der Waals surface area (Å²) in [5.41, 5.74) is 3.07. The predicted octanol–water partition coefficient (Wildman–Crippen LogP) is 2.84. The molecule has 0 radical (unpaired) electrons. The summed E-state index contributed by atoms with van der Waals surface area (Å²) in [5, 5.41) is 3.52. The van der Waals surface area contributed by atoms with Gasteiger partial charge in [0.15, 0.2) is 5.96 Å². The Bertz CT molecular complexity index is 524. The molecule has 128 valence electrons. The average molecular weight is 429 g/mol. The molecule has 23 heavy (non-hydrogen) atoms. The van der Waals surface area contributed by atoms with Crippen LogP contribution in [0.3, 0.4) is 0 Å². The summed E-state index contributed by atoms with van der Waals surface area (Å²) in [6.45, 7) is 7.07. The monoisotopic (exact) mass is 429 g/mol. The summed E-state index contributed by atoms with van der Waals surface area (Å²) in [4.78, 5) is 6.85. The molecule has 0 saturated carbocycles. The Labute approximate surface area is 156 Å². The molecule has 3 rings (SSSR count). The van der Waals surface area contributed by atoms with Crippen LogP contribution in [0.25, 0.3) is 0 Å². The third-order valence-corrected chi connectivity index (χ3v) is 4.95. The van der Waals surface area contributed by atoms with Gasteiger partial charge in [-0.15, -0.1) is 24.0 Å². The van der Waals surface area contributed by atoms with Gasteiger partial charge < -0.3 is 15.0 Å². The second kappa shape index (κ2) is 8.33. The van der Waals surface area contributed by atoms with Gasteiger partial charge in [-0.05, 0) is 31.7 Å². The second-order valence-corrected chi connectivity index (χ2v) is 6.68. The summed E-state index contributed by atoms with van der Waals surface area (Å²) in [7, 11) is 1.88. The summed E-state index contributed by atoms with van der Waals surface area (Å²) >= 11 is 0. The van der Waals surface area contributed by atoms with E-state index in [-0.39, 0.29) is 24.0 Å². The maximum Gasteiger partial charge on any atom is 0.193 e. The third kappa shape index (κ3) is 4.59. The van der Waals surface area contributed by atoms with Crippen molar-refractivity contribution >= 4 is 29.9 Å². The molecule has 1 N–H and O–H groups in total. The molecule has 5 heteroatoms. The number of rotatable bonds is 3. The molecular formula is C18H28IN3O. The molecule has 1 aromatic rings. The third-order valence-electron chi connectivity index (χ3n) is 4.95. The van der Waals surface area contributed by atoms with Gasteiger partial charge in [-0.25, -0.2) is 0 Å². The van der Waals surface area contributed by atoms with Crippen molar-refractivity contribution in [1.82, 2.24) is 10.2 Å². The molecule has 4 nitrogen and oxygen atoms in total. The number of hydrogen-bond donors (Lipinski definition) is 1. The van der Waals surface area contributed by atoms with Gasteiger partial charge in [0.2, 0.25) is 0 Å². The lowest BCUT2D eigenvalue weighted by atomic mass is 9.87. The average Bonchev–Trinajstić information content (AvgIpc) is 3.16. The first kappa shape index (κ1) is 18.5. The minimum absolute atomic E-state index is 0. The lowest BCUT2D eigenvalue weighted by Gasteiger charge is -2.25. The van der Waals surface area contributed by atoms with Crippen LogP contribution in [0.15, 0.2) is 29.3 Å². The smallest absolute Gasteiger partial charge is 0.193 e. The van der Waals surface area contributed by atoms with Crippen LogP contribution in [0.2, 0.25) is 0 Å². The van der Waals surface area contributed by atoms with Gasteiger partial charge in [0, 0.05) is 38.7 Å². The maximum absolute atomic E-state index is 5.61. The fraction of sp³-hybridized carbons (Fsp3) is 0.611. The lowest BCUT2D eigenvalue weighted by molar-refractivity contribution is 0.156. The highest BCUT2D eigenvalue weighted by Gasteiger charge is 2.42. The van der Waals surface area contributed by atoms with Crippen LogP contribution in [0.5, 0.6) is 0 Å². The summed E-state index contributed by atoms with van der Waals surface area (Å²) in [5.74, 6) is 1.04. The highest BCUT2D eigenvalue weighted by molar-refractivity contribution is 14.0. The van der Waals surface area contributed by atoms with Crippen LogP contribution in [0, 0.1) is 12.3 Å². The van der Waals surface area contributed by atoms with Crippen molar-refractivity contribution < 1.29 is 4.74 Å². The highest BCUT2D eigenvalue weighted by atomic mass is 127. The molecule has 2 aliphatic heterocycles. The van der Waals surface area contributed by atoms with Gasteiger partial charge in [-0.2, -0.15) is 0 Å². The quantitative estimate of drug-likeness (QED) is 0.456. The van der Waals surface area contributed by atoms with Gasteiger partial charge in [-0.1, -0.05) is 29.8 Å². The first-order valence-corrected chi connectivity index (χ1v) is 8.30. The zero-order chi connectivity index (χ0) is 15.4. The van der Waals surface area contributed by atoms with E-state index in [1.165, 1.54) is 24.0 Å². The molecule has 2 heterocycles. The molecule has 0 aliphatic carbocycles. The van der Waals surface area contributed by atoms with Gasteiger partial charge in [0.25, 0.3) is 0 Å². The Hall–Kier alpha value is -0.820. The molecule has 0 bridgehead atoms. The minimum Gasteiger partial charge on any atom is -0.381 e. The van der Waals surface area contributed by atoms with Crippen molar-refractivity contribution in [2.45, 2.75) is 26.2 Å². The molecule has 2 fully saturated rings. The topological polar surface area (TPSA) is 36.9 Å². The van der Waals surface area contributed by atoms with E-state index in [1.54, 1.807) is 0 Å². The summed E-state index contributed by atoms with van der Waals surface area (Å²) in [6, 6.07) is 8.77. The van der Waals surface area contributed by atoms with Gasteiger partial charge >= 0.3 is 0 Å². The number of nitrogens with one attached hydrogen (secondary N) is 1. The van der Waals surface area contributed by atoms with E-state index >= 15 is 0 Å². The number of halogens is 1. The van der Waals surface area contributed by atoms with Crippen LogP contribution in [-0.4, -0.2) is 50.8 Å². The molecular weight excluding hydrogens is 401 g/mol. The molecule has 2 saturated heterocycles. The molecule has 0 amide bonds. The SMILES string of the molecule is CN=C(NCCc1ccc(C)cc1)N1CCC2(CCOC2)C1.I. The van der Waals surface area contributed by atoms with Gasteiger partial charge in [0.1, 0.15) is 0 Å². The predicted molar refractivity (Wildman–Crippen MR) is 106 cm³/mol. The number of benzene rings is 1. The standard InChI is InChI=1S/C18H27N3O.HI/c1-15-3-5-16(6-4-15)7-10-20-17(19-2)21-11-8-18(13-21)9-12-22-14-18;/h3-6H,7-14H2,1-2H3,(H,19,20);1H. The number of nitrogens with zero attached hydrogens (tertiary/aromatic N) is 2. The molecule has 0 aromatic heterocycles. The van der Waals surface area contributed by atoms with Crippen molar-refractivity contribution in [3.05, 3.63) is 35.4 Å². The van der Waals surface area contributed by atoms with E-state index < -0.39 is 0 Å². The highest BCUT2D eigenvalue weighted by Crippen LogP contribution is 2.38. The Balaban J connectivity index is 0.00000192. The Morgan fingerprint density at radius 3 is 2.74 bits per heavy atom. The summed E-state index contributed by atoms with van der Waals surface area (Å²) < 4.78 is 5.61. The Kier molecular flexibility index (Phi) is 6.71. The number of likely N-dealkylation sites (tertiary alicyclic amines) is 1. The van der Waals surface area contributed by atoms with E-state index in [2.05, 4.69) is 46.4 Å². The Morgan fingerprint density at radius 1 is 1.30 bits per heavy atom. The zero-order valence-electron chi connectivity index (χ0n) is 14.2. The molecule has 2 aliphatic rings. The zero-order valence-corrected chi connectivity index (χ0v) is 16.5. The maximum atomic E-state index is 5.61. The van der Waals surface area contributed by atoms with Crippen LogP contribution >= 0.6 is 24.0 Å². The van der Waals surface area contributed by atoms with E-state index in [1.807, 2.05) is 7.05 Å². The number of aliphatic imine (C=N–C) groups is 1. The fourth-order valence-electron chi connectivity index (χ4n) is 3.49. The largest absolute Gasteiger partial charge is 0.381 e. The second-order valence-electron chi connectivity index (χ2n) is 6.68. The number of ether oxygens (including phenoxy) is 1. The molecule has 1 spiro atoms. The van der Waals surface area contributed by atoms with Crippen molar-refractivity contribution in [3.63, 3.8) is 0 Å². The summed E-state index contributed by atoms with van der Waals surface area (Å²) in [6.07, 6.45) is 3.46. The van der Waals surface area contributed by atoms with Crippen LogP contribution in [-0.2, 0) is 11.2 Å². The number of aryl methyl sites for hydroxylation is 1. The van der Waals surface area contributed by atoms with Crippen molar-refractivity contribution in [1.29, 1.82) is 0 Å². The van der Waals surface area contributed by atoms with Gasteiger partial charge in [-0.3, -0.25) is 4.99 Å². The molecule has 1 unspecified atom stereocenters. The normalized spacial score (nSPS) is 24.1. The van der Waals surface area contributed by atoms with E-state index in [0.29, 0.717) is 5.41 Å². The number of guanidine groups is 1. The van der Waals surface area contributed by atoms with E-state index in [0.717, 1.165) is 45.2 Å². The van der Waals surface area contributed by atoms with Crippen LogP contribution in [0.1, 0.15) is 24.0 Å².